The van der Waals surface area contributed by atoms with Crippen molar-refractivity contribution in [2.75, 3.05) is 7.11 Å². The van der Waals surface area contributed by atoms with Crippen LogP contribution in [-0.4, -0.2) is 34.9 Å². The zero-order valence-electron chi connectivity index (χ0n) is 14.6. The summed E-state index contributed by atoms with van der Waals surface area (Å²) in [5.74, 6) is -1.62. The Morgan fingerprint density at radius 1 is 1.00 bits per heavy atom. The van der Waals surface area contributed by atoms with Crippen LogP contribution in [0.15, 0.2) is 48.5 Å². The highest BCUT2D eigenvalue weighted by Gasteiger charge is 2.39. The van der Waals surface area contributed by atoms with Crippen molar-refractivity contribution in [1.29, 1.82) is 0 Å². The molecule has 7 nitrogen and oxygen atoms in total. The van der Waals surface area contributed by atoms with Gasteiger partial charge in [0.2, 0.25) is 0 Å². The number of aryl methyl sites for hydroxylation is 1. The van der Waals surface area contributed by atoms with E-state index < -0.39 is 17.8 Å². The first-order valence-corrected chi connectivity index (χ1v) is 8.15. The predicted molar refractivity (Wildman–Crippen MR) is 95.4 cm³/mol. The van der Waals surface area contributed by atoms with Crippen LogP contribution in [0.3, 0.4) is 0 Å². The molecule has 1 aromatic heterocycles. The number of nitrogens with zero attached hydrogens (tertiary/aromatic N) is 2. The topological polar surface area (TPSA) is 85.8 Å². The van der Waals surface area contributed by atoms with E-state index >= 15 is 0 Å². The second-order valence-electron chi connectivity index (χ2n) is 6.02. The van der Waals surface area contributed by atoms with Gasteiger partial charge in [0.05, 0.1) is 29.3 Å². The first-order chi connectivity index (χ1) is 13.0. The third kappa shape index (κ3) is 2.69. The summed E-state index contributed by atoms with van der Waals surface area (Å²) < 4.78 is 5.20. The number of carbonyl (C=O) groups is 3. The van der Waals surface area contributed by atoms with Crippen LogP contribution in [-0.2, 0) is 4.84 Å². The summed E-state index contributed by atoms with van der Waals surface area (Å²) >= 11 is 0. The summed E-state index contributed by atoms with van der Waals surface area (Å²) in [7, 11) is 1.51. The first kappa shape index (κ1) is 16.7. The molecule has 0 N–H and O–H groups in total. The van der Waals surface area contributed by atoms with Crippen LogP contribution in [0.5, 0.6) is 5.75 Å². The number of pyridine rings is 1. The maximum atomic E-state index is 12.8. The van der Waals surface area contributed by atoms with Gasteiger partial charge in [-0.1, -0.05) is 17.2 Å². The largest absolute Gasteiger partial charge is 0.497 e. The number of benzene rings is 2. The molecule has 1 aliphatic rings. The zero-order valence-corrected chi connectivity index (χ0v) is 14.6. The minimum Gasteiger partial charge on any atom is -0.497 e. The molecule has 0 radical (unpaired) electrons. The van der Waals surface area contributed by atoms with Gasteiger partial charge >= 0.3 is 5.97 Å². The Morgan fingerprint density at radius 3 is 2.30 bits per heavy atom. The van der Waals surface area contributed by atoms with Crippen molar-refractivity contribution in [2.24, 2.45) is 0 Å². The van der Waals surface area contributed by atoms with Gasteiger partial charge in [-0.2, -0.15) is 0 Å². The molecule has 0 bridgehead atoms. The third-order valence-corrected chi connectivity index (χ3v) is 4.29. The second kappa shape index (κ2) is 6.21. The Hall–Kier alpha value is -3.74. The molecule has 2 heterocycles. The summed E-state index contributed by atoms with van der Waals surface area (Å²) in [6.45, 7) is 1.74. The van der Waals surface area contributed by atoms with Crippen LogP contribution in [0.2, 0.25) is 0 Å². The fourth-order valence-electron chi connectivity index (χ4n) is 3.02. The van der Waals surface area contributed by atoms with Gasteiger partial charge in [-0.25, -0.2) is 4.79 Å². The Labute approximate surface area is 154 Å². The lowest BCUT2D eigenvalue weighted by Gasteiger charge is -2.14. The molecule has 0 saturated carbocycles. The molecule has 0 fully saturated rings. The highest BCUT2D eigenvalue weighted by molar-refractivity contribution is 6.21. The van der Waals surface area contributed by atoms with Gasteiger partial charge in [0.1, 0.15) is 5.75 Å². The Balaban J connectivity index is 1.72. The summed E-state index contributed by atoms with van der Waals surface area (Å²) in [5.41, 5.74) is 1.76. The molecule has 4 rings (SSSR count). The number of amides is 2. The molecule has 0 aliphatic carbocycles. The standard InChI is InChI=1S/C20H14N2O5/c1-11-9-16(15-10-12(26-2)7-8-17(15)21-11)20(25)27-22-18(23)13-5-3-4-6-14(13)19(22)24/h3-10H,1-2H3. The van der Waals surface area contributed by atoms with E-state index in [1.165, 1.54) is 19.2 Å². The molecule has 27 heavy (non-hydrogen) atoms. The molecule has 7 heteroatoms. The number of hydroxylamine groups is 2. The number of ether oxygens (including phenoxy) is 1. The van der Waals surface area contributed by atoms with Crippen LogP contribution in [0, 0.1) is 6.92 Å². The Bertz CT molecular complexity index is 1090. The van der Waals surface area contributed by atoms with Gasteiger partial charge in [-0.15, -0.1) is 0 Å². The lowest BCUT2D eigenvalue weighted by molar-refractivity contribution is -0.0583. The maximum absolute atomic E-state index is 12.8. The van der Waals surface area contributed by atoms with Crippen molar-refractivity contribution in [3.8, 4) is 5.75 Å². The number of carbonyl (C=O) groups excluding carboxylic acids is 3. The van der Waals surface area contributed by atoms with Crippen molar-refractivity contribution in [2.45, 2.75) is 6.92 Å². The summed E-state index contributed by atoms with van der Waals surface area (Å²) in [6.07, 6.45) is 0. The van der Waals surface area contributed by atoms with Crippen molar-refractivity contribution >= 4 is 28.7 Å². The van der Waals surface area contributed by atoms with Gasteiger partial charge in [-0.3, -0.25) is 14.6 Å². The van der Waals surface area contributed by atoms with Gasteiger partial charge in [0, 0.05) is 11.1 Å². The van der Waals surface area contributed by atoms with Crippen LogP contribution in [0.1, 0.15) is 36.8 Å². The lowest BCUT2D eigenvalue weighted by Crippen LogP contribution is -2.32. The van der Waals surface area contributed by atoms with Crippen molar-refractivity contribution in [3.63, 3.8) is 0 Å². The van der Waals surface area contributed by atoms with Crippen molar-refractivity contribution < 1.29 is 24.0 Å². The Morgan fingerprint density at radius 2 is 1.67 bits per heavy atom. The number of imide groups is 1. The summed E-state index contributed by atoms with van der Waals surface area (Å²) in [4.78, 5) is 47.1. The molecule has 0 unspecified atom stereocenters. The van der Waals surface area contributed by atoms with Crippen LogP contribution >= 0.6 is 0 Å². The van der Waals surface area contributed by atoms with Gasteiger partial charge in [0.25, 0.3) is 11.8 Å². The van der Waals surface area contributed by atoms with Crippen LogP contribution < -0.4 is 4.74 Å². The highest BCUT2D eigenvalue weighted by atomic mass is 16.7. The van der Waals surface area contributed by atoms with Gasteiger partial charge in [-0.05, 0) is 43.3 Å². The van der Waals surface area contributed by atoms with E-state index in [0.717, 1.165) is 0 Å². The number of hydrogen-bond donors (Lipinski definition) is 0. The fourth-order valence-corrected chi connectivity index (χ4v) is 3.02. The van der Waals surface area contributed by atoms with E-state index in [1.54, 1.807) is 43.3 Å². The van der Waals surface area contributed by atoms with Gasteiger partial charge in [0.15, 0.2) is 0 Å². The summed E-state index contributed by atoms with van der Waals surface area (Å²) in [5, 5.41) is 0.996. The van der Waals surface area contributed by atoms with E-state index in [2.05, 4.69) is 4.98 Å². The molecule has 2 aromatic carbocycles. The van der Waals surface area contributed by atoms with Crippen molar-refractivity contribution in [1.82, 2.24) is 10.0 Å². The average molecular weight is 362 g/mol. The first-order valence-electron chi connectivity index (χ1n) is 8.15. The second-order valence-corrected chi connectivity index (χ2v) is 6.02. The number of hydrogen-bond acceptors (Lipinski definition) is 6. The molecule has 0 spiro atoms. The third-order valence-electron chi connectivity index (χ3n) is 4.29. The molecule has 3 aromatic rings. The van der Waals surface area contributed by atoms with E-state index in [9.17, 15) is 14.4 Å². The van der Waals surface area contributed by atoms with E-state index in [1.807, 2.05) is 0 Å². The summed E-state index contributed by atoms with van der Waals surface area (Å²) in [6, 6.07) is 13.0. The van der Waals surface area contributed by atoms with E-state index in [-0.39, 0.29) is 16.7 Å². The molecular formula is C20H14N2O5. The Kier molecular flexibility index (Phi) is 3.84. The number of rotatable bonds is 3. The zero-order chi connectivity index (χ0) is 19.1. The van der Waals surface area contributed by atoms with E-state index in [0.29, 0.717) is 27.4 Å². The lowest BCUT2D eigenvalue weighted by atomic mass is 10.1. The molecule has 0 atom stereocenters. The quantitative estimate of drug-likeness (QED) is 0.666. The molecule has 134 valence electrons. The van der Waals surface area contributed by atoms with Crippen LogP contribution in [0.25, 0.3) is 10.9 Å². The normalized spacial score (nSPS) is 13.0. The molecule has 0 saturated heterocycles. The molecule has 2 amide bonds. The molecular weight excluding hydrogens is 348 g/mol. The SMILES string of the molecule is COc1ccc2nc(C)cc(C(=O)ON3C(=O)c4ccccc4C3=O)c2c1. The number of fused-ring (bicyclic) bond motifs is 2. The minimum absolute atomic E-state index is 0.188. The predicted octanol–water partition coefficient (Wildman–Crippen LogP) is 2.92. The monoisotopic (exact) mass is 362 g/mol. The molecule has 1 aliphatic heterocycles. The smallest absolute Gasteiger partial charge is 0.364 e. The average Bonchev–Trinajstić information content (AvgIpc) is 2.92. The van der Waals surface area contributed by atoms with Crippen LogP contribution in [0.4, 0.5) is 0 Å². The number of methoxy groups -OCH3 is 1. The highest BCUT2D eigenvalue weighted by Crippen LogP contribution is 2.27. The van der Waals surface area contributed by atoms with Crippen molar-refractivity contribution in [3.05, 3.63) is 70.9 Å². The minimum atomic E-state index is -0.826. The van der Waals surface area contributed by atoms with Gasteiger partial charge < -0.3 is 9.57 Å². The fraction of sp³-hybridized carbons (Fsp3) is 0.100. The number of aromatic nitrogens is 1. The van der Waals surface area contributed by atoms with E-state index in [4.69, 9.17) is 9.57 Å². The maximum Gasteiger partial charge on any atom is 0.364 e.